The zero-order valence-corrected chi connectivity index (χ0v) is 9.82. The van der Waals surface area contributed by atoms with Crippen molar-refractivity contribution >= 4 is 5.97 Å². The number of carbonyl (C=O) groups is 1. The first-order valence-corrected chi connectivity index (χ1v) is 5.52. The van der Waals surface area contributed by atoms with Crippen molar-refractivity contribution < 1.29 is 14.6 Å². The molecule has 0 aromatic rings. The Labute approximate surface area is 91.2 Å². The highest BCUT2D eigenvalue weighted by molar-refractivity contribution is 5.75. The molecule has 1 rings (SSSR count). The molecule has 0 aliphatic carbocycles. The highest BCUT2D eigenvalue weighted by Crippen LogP contribution is 2.11. The van der Waals surface area contributed by atoms with E-state index in [1.807, 2.05) is 0 Å². The normalized spacial score (nSPS) is 20.3. The van der Waals surface area contributed by atoms with Gasteiger partial charge in [-0.1, -0.05) is 0 Å². The van der Waals surface area contributed by atoms with Crippen molar-refractivity contribution in [3.8, 4) is 0 Å². The number of esters is 1. The van der Waals surface area contributed by atoms with E-state index < -0.39 is 17.7 Å². The van der Waals surface area contributed by atoms with Crippen LogP contribution in [-0.2, 0) is 9.53 Å². The summed E-state index contributed by atoms with van der Waals surface area (Å²) in [6.45, 7) is 7.74. The summed E-state index contributed by atoms with van der Waals surface area (Å²) < 4.78 is 5.09. The quantitative estimate of drug-likeness (QED) is 0.707. The van der Waals surface area contributed by atoms with Crippen LogP contribution in [0.15, 0.2) is 0 Å². The van der Waals surface area contributed by atoms with Crippen molar-refractivity contribution in [3.05, 3.63) is 0 Å². The van der Waals surface area contributed by atoms with Gasteiger partial charge in [-0.05, 0) is 46.7 Å². The molecule has 1 unspecified atom stereocenters. The van der Waals surface area contributed by atoms with E-state index in [9.17, 15) is 9.90 Å². The third kappa shape index (κ3) is 4.62. The first kappa shape index (κ1) is 12.5. The Bertz CT molecular complexity index is 216. The van der Waals surface area contributed by atoms with Gasteiger partial charge in [-0.3, -0.25) is 0 Å². The number of carbonyl (C=O) groups excluding carboxylic acids is 1. The smallest absolute Gasteiger partial charge is 0.336 e. The molecule has 0 saturated carbocycles. The summed E-state index contributed by atoms with van der Waals surface area (Å²) in [4.78, 5) is 13.5. The fraction of sp³-hybridized carbons (Fsp3) is 0.909. The van der Waals surface area contributed by atoms with Gasteiger partial charge in [0, 0.05) is 6.54 Å². The van der Waals surface area contributed by atoms with E-state index in [-0.39, 0.29) is 0 Å². The number of nitrogens with zero attached hydrogens (tertiary/aromatic N) is 1. The van der Waals surface area contributed by atoms with E-state index in [0.29, 0.717) is 6.54 Å². The molecule has 4 heteroatoms. The number of β-amino-alcohol motifs (C(OH)–C–C–N with tert-alkyl or cyclic N) is 1. The van der Waals surface area contributed by atoms with E-state index >= 15 is 0 Å². The maximum Gasteiger partial charge on any atom is 0.336 e. The number of hydrogen-bond donors (Lipinski definition) is 1. The Kier molecular flexibility index (Phi) is 4.11. The number of rotatable bonds is 3. The Hall–Kier alpha value is -0.610. The van der Waals surface area contributed by atoms with Gasteiger partial charge in [0.25, 0.3) is 0 Å². The summed E-state index contributed by atoms with van der Waals surface area (Å²) >= 11 is 0. The van der Waals surface area contributed by atoms with Crippen LogP contribution in [0.2, 0.25) is 0 Å². The minimum atomic E-state index is -1.01. The van der Waals surface area contributed by atoms with Gasteiger partial charge >= 0.3 is 5.97 Å². The first-order chi connectivity index (χ1) is 6.88. The number of likely N-dealkylation sites (tertiary alicyclic amines) is 1. The predicted octanol–water partition coefficient (Wildman–Crippen LogP) is 0.785. The Morgan fingerprint density at radius 3 is 2.40 bits per heavy atom. The predicted molar refractivity (Wildman–Crippen MR) is 57.5 cm³/mol. The molecule has 88 valence electrons. The number of aliphatic hydroxyl groups excluding tert-OH is 1. The minimum Gasteiger partial charge on any atom is -0.458 e. The minimum absolute atomic E-state index is 0.398. The van der Waals surface area contributed by atoms with Crippen LogP contribution in [0.4, 0.5) is 0 Å². The molecular formula is C11H21NO3. The van der Waals surface area contributed by atoms with Gasteiger partial charge < -0.3 is 14.7 Å². The Morgan fingerprint density at radius 2 is 1.93 bits per heavy atom. The van der Waals surface area contributed by atoms with Gasteiger partial charge in [-0.25, -0.2) is 4.79 Å². The maximum absolute atomic E-state index is 11.4. The van der Waals surface area contributed by atoms with Crippen LogP contribution in [0.3, 0.4) is 0 Å². The lowest BCUT2D eigenvalue weighted by Gasteiger charge is -2.23. The highest BCUT2D eigenvalue weighted by Gasteiger charge is 2.25. The van der Waals surface area contributed by atoms with Crippen molar-refractivity contribution in [2.24, 2.45) is 0 Å². The maximum atomic E-state index is 11.4. The van der Waals surface area contributed by atoms with Gasteiger partial charge in [0.05, 0.1) is 0 Å². The summed E-state index contributed by atoms with van der Waals surface area (Å²) in [5, 5.41) is 9.63. The van der Waals surface area contributed by atoms with Crippen molar-refractivity contribution in [3.63, 3.8) is 0 Å². The fourth-order valence-corrected chi connectivity index (χ4v) is 1.65. The molecule has 1 saturated heterocycles. The number of ether oxygens (including phenoxy) is 1. The van der Waals surface area contributed by atoms with Gasteiger partial charge in [0.1, 0.15) is 5.60 Å². The molecule has 0 radical (unpaired) electrons. The van der Waals surface area contributed by atoms with Crippen molar-refractivity contribution in [2.75, 3.05) is 19.6 Å². The zero-order valence-electron chi connectivity index (χ0n) is 9.82. The number of aliphatic hydroxyl groups is 1. The second-order valence-electron chi connectivity index (χ2n) is 5.06. The van der Waals surface area contributed by atoms with E-state index in [4.69, 9.17) is 4.74 Å². The molecule has 4 nitrogen and oxygen atoms in total. The second-order valence-corrected chi connectivity index (χ2v) is 5.06. The van der Waals surface area contributed by atoms with Crippen LogP contribution < -0.4 is 0 Å². The fourth-order valence-electron chi connectivity index (χ4n) is 1.65. The molecule has 1 aliphatic rings. The molecule has 1 fully saturated rings. The lowest BCUT2D eigenvalue weighted by atomic mass is 10.2. The lowest BCUT2D eigenvalue weighted by molar-refractivity contribution is -0.165. The molecule has 1 N–H and O–H groups in total. The summed E-state index contributed by atoms with van der Waals surface area (Å²) in [5.41, 5.74) is -0.525. The molecule has 0 spiro atoms. The third-order valence-corrected chi connectivity index (χ3v) is 2.31. The molecule has 0 aromatic heterocycles. The average molecular weight is 215 g/mol. The van der Waals surface area contributed by atoms with Crippen LogP contribution in [-0.4, -0.2) is 47.3 Å². The van der Waals surface area contributed by atoms with Crippen LogP contribution >= 0.6 is 0 Å². The molecule has 0 bridgehead atoms. The van der Waals surface area contributed by atoms with E-state index in [0.717, 1.165) is 25.9 Å². The largest absolute Gasteiger partial charge is 0.458 e. The monoisotopic (exact) mass is 215 g/mol. The summed E-state index contributed by atoms with van der Waals surface area (Å²) in [5.74, 6) is -0.519. The van der Waals surface area contributed by atoms with Crippen molar-refractivity contribution in [2.45, 2.75) is 45.3 Å². The molecular weight excluding hydrogens is 194 g/mol. The van der Waals surface area contributed by atoms with Crippen molar-refractivity contribution in [1.29, 1.82) is 0 Å². The molecule has 1 atom stereocenters. The standard InChI is InChI=1S/C11H21NO3/c1-11(2,3)15-10(14)9(13)8-12-6-4-5-7-12/h9,13H,4-8H2,1-3H3. The van der Waals surface area contributed by atoms with Crippen LogP contribution in [0, 0.1) is 0 Å². The van der Waals surface area contributed by atoms with Crippen molar-refractivity contribution in [1.82, 2.24) is 4.90 Å². The first-order valence-electron chi connectivity index (χ1n) is 5.52. The summed E-state index contributed by atoms with van der Waals surface area (Å²) in [6, 6.07) is 0. The molecule has 1 aliphatic heterocycles. The highest BCUT2D eigenvalue weighted by atomic mass is 16.6. The topological polar surface area (TPSA) is 49.8 Å². The zero-order chi connectivity index (χ0) is 11.5. The molecule has 15 heavy (non-hydrogen) atoms. The molecule has 0 amide bonds. The van der Waals surface area contributed by atoms with E-state index in [1.54, 1.807) is 20.8 Å². The van der Waals surface area contributed by atoms with E-state index in [2.05, 4.69) is 4.90 Å². The van der Waals surface area contributed by atoms with Crippen LogP contribution in [0.1, 0.15) is 33.6 Å². The lowest BCUT2D eigenvalue weighted by Crippen LogP contribution is -2.39. The Morgan fingerprint density at radius 1 is 1.40 bits per heavy atom. The van der Waals surface area contributed by atoms with E-state index in [1.165, 1.54) is 0 Å². The molecule has 1 heterocycles. The summed E-state index contributed by atoms with van der Waals surface area (Å²) in [6.07, 6.45) is 1.30. The van der Waals surface area contributed by atoms with Crippen LogP contribution in [0.25, 0.3) is 0 Å². The number of hydrogen-bond acceptors (Lipinski definition) is 4. The SMILES string of the molecule is CC(C)(C)OC(=O)C(O)CN1CCCC1. The van der Waals surface area contributed by atoms with Gasteiger partial charge in [0.2, 0.25) is 0 Å². The van der Waals surface area contributed by atoms with Gasteiger partial charge in [-0.15, -0.1) is 0 Å². The third-order valence-electron chi connectivity index (χ3n) is 2.31. The molecule has 0 aromatic carbocycles. The summed E-state index contributed by atoms with van der Waals surface area (Å²) in [7, 11) is 0. The Balaban J connectivity index is 2.32. The van der Waals surface area contributed by atoms with Gasteiger partial charge in [-0.2, -0.15) is 0 Å². The van der Waals surface area contributed by atoms with Crippen LogP contribution in [0.5, 0.6) is 0 Å². The average Bonchev–Trinajstić information content (AvgIpc) is 2.53. The van der Waals surface area contributed by atoms with Gasteiger partial charge in [0.15, 0.2) is 6.10 Å². The second kappa shape index (κ2) is 4.94.